The summed E-state index contributed by atoms with van der Waals surface area (Å²) in [5, 5.41) is 19.8. The summed E-state index contributed by atoms with van der Waals surface area (Å²) in [5.74, 6) is -1.65. The van der Waals surface area contributed by atoms with Crippen LogP contribution in [0.2, 0.25) is 0 Å². The Morgan fingerprint density at radius 1 is 1.41 bits per heavy atom. The summed E-state index contributed by atoms with van der Waals surface area (Å²) in [6.07, 6.45) is -4.50. The molecule has 1 unspecified atom stereocenters. The standard InChI is InChI=1S/C10H10F3NO3/c11-10(12,13)5-14-8(9(16)17)6-2-1-3-7(15)4-6/h1-4,8,14-15H,5H2,(H,16,17). The molecule has 1 rings (SSSR count). The summed E-state index contributed by atoms with van der Waals surface area (Å²) in [5.41, 5.74) is 0.0572. The molecule has 0 aliphatic rings. The molecule has 94 valence electrons. The van der Waals surface area contributed by atoms with Gasteiger partial charge >= 0.3 is 12.1 Å². The van der Waals surface area contributed by atoms with Gasteiger partial charge in [-0.25, -0.2) is 0 Å². The molecular formula is C10H10F3NO3. The summed E-state index contributed by atoms with van der Waals surface area (Å²) >= 11 is 0. The van der Waals surface area contributed by atoms with Crippen molar-refractivity contribution in [3.05, 3.63) is 29.8 Å². The lowest BCUT2D eigenvalue weighted by Gasteiger charge is -2.16. The van der Waals surface area contributed by atoms with Crippen LogP contribution in [0.1, 0.15) is 11.6 Å². The maximum atomic E-state index is 12.0. The van der Waals surface area contributed by atoms with Crippen LogP contribution < -0.4 is 5.32 Å². The third kappa shape index (κ3) is 4.31. The second kappa shape index (κ2) is 5.05. The van der Waals surface area contributed by atoms with Crippen molar-refractivity contribution in [3.8, 4) is 5.75 Å². The maximum absolute atomic E-state index is 12.0. The Hall–Kier alpha value is -1.76. The number of hydrogen-bond acceptors (Lipinski definition) is 3. The van der Waals surface area contributed by atoms with E-state index in [0.29, 0.717) is 0 Å². The van der Waals surface area contributed by atoms with E-state index in [-0.39, 0.29) is 11.3 Å². The molecule has 1 aromatic rings. The van der Waals surface area contributed by atoms with Gasteiger partial charge in [0, 0.05) is 0 Å². The zero-order chi connectivity index (χ0) is 13.1. The molecule has 0 bridgehead atoms. The van der Waals surface area contributed by atoms with Crippen LogP contribution in [0.5, 0.6) is 5.75 Å². The number of phenolic OH excluding ortho intramolecular Hbond substituents is 1. The summed E-state index contributed by atoms with van der Waals surface area (Å²) in [6.45, 7) is -1.42. The highest BCUT2D eigenvalue weighted by atomic mass is 19.4. The summed E-state index contributed by atoms with van der Waals surface area (Å²) in [4.78, 5) is 10.8. The topological polar surface area (TPSA) is 69.6 Å². The first-order chi connectivity index (χ1) is 7.79. The van der Waals surface area contributed by atoms with Crippen LogP contribution in [0.15, 0.2) is 24.3 Å². The van der Waals surface area contributed by atoms with Gasteiger partial charge in [-0.1, -0.05) is 12.1 Å². The van der Waals surface area contributed by atoms with Crippen molar-refractivity contribution in [2.24, 2.45) is 0 Å². The minimum Gasteiger partial charge on any atom is -0.508 e. The molecule has 0 fully saturated rings. The number of carbonyl (C=O) groups is 1. The number of carboxylic acid groups (broad SMARTS) is 1. The average Bonchev–Trinajstić information content (AvgIpc) is 2.15. The number of carboxylic acids is 1. The third-order valence-corrected chi connectivity index (χ3v) is 1.96. The van der Waals surface area contributed by atoms with Crippen molar-refractivity contribution in [1.29, 1.82) is 0 Å². The maximum Gasteiger partial charge on any atom is 0.401 e. The fraction of sp³-hybridized carbons (Fsp3) is 0.300. The zero-order valence-electron chi connectivity index (χ0n) is 8.53. The quantitative estimate of drug-likeness (QED) is 0.759. The van der Waals surface area contributed by atoms with E-state index >= 15 is 0 Å². The van der Waals surface area contributed by atoms with Crippen molar-refractivity contribution in [2.45, 2.75) is 12.2 Å². The minimum absolute atomic E-state index is 0.0572. The number of hydrogen-bond donors (Lipinski definition) is 3. The third-order valence-electron chi connectivity index (χ3n) is 1.96. The Kier molecular flexibility index (Phi) is 3.95. The molecule has 0 aromatic heterocycles. The minimum atomic E-state index is -4.50. The molecule has 7 heteroatoms. The van der Waals surface area contributed by atoms with E-state index in [1.807, 2.05) is 5.32 Å². The number of nitrogens with one attached hydrogen (secondary N) is 1. The van der Waals surface area contributed by atoms with E-state index in [9.17, 15) is 18.0 Å². The van der Waals surface area contributed by atoms with Crippen LogP contribution in [0.4, 0.5) is 13.2 Å². The second-order valence-corrected chi connectivity index (χ2v) is 3.36. The monoisotopic (exact) mass is 249 g/mol. The average molecular weight is 249 g/mol. The molecule has 0 spiro atoms. The lowest BCUT2D eigenvalue weighted by atomic mass is 10.1. The Morgan fingerprint density at radius 2 is 2.06 bits per heavy atom. The molecule has 0 saturated heterocycles. The highest BCUT2D eigenvalue weighted by Gasteiger charge is 2.30. The first-order valence-electron chi connectivity index (χ1n) is 4.61. The van der Waals surface area contributed by atoms with Crippen LogP contribution in [0.25, 0.3) is 0 Å². The highest BCUT2D eigenvalue weighted by Crippen LogP contribution is 2.20. The van der Waals surface area contributed by atoms with Crippen molar-refractivity contribution < 1.29 is 28.2 Å². The SMILES string of the molecule is O=C(O)C(NCC(F)(F)F)c1cccc(O)c1. The highest BCUT2D eigenvalue weighted by molar-refractivity contribution is 5.75. The van der Waals surface area contributed by atoms with Crippen molar-refractivity contribution in [1.82, 2.24) is 5.32 Å². The van der Waals surface area contributed by atoms with Gasteiger partial charge in [0.15, 0.2) is 0 Å². The number of aromatic hydroxyl groups is 1. The van der Waals surface area contributed by atoms with Crippen molar-refractivity contribution in [3.63, 3.8) is 0 Å². The molecule has 3 N–H and O–H groups in total. The van der Waals surface area contributed by atoms with Gasteiger partial charge in [0.05, 0.1) is 6.54 Å². The Morgan fingerprint density at radius 3 is 2.53 bits per heavy atom. The number of aliphatic carboxylic acids is 1. The fourth-order valence-corrected chi connectivity index (χ4v) is 1.27. The van der Waals surface area contributed by atoms with Crippen LogP contribution >= 0.6 is 0 Å². The summed E-state index contributed by atoms with van der Waals surface area (Å²) in [7, 11) is 0. The molecule has 0 radical (unpaired) electrons. The summed E-state index contributed by atoms with van der Waals surface area (Å²) < 4.78 is 35.9. The first kappa shape index (κ1) is 13.3. The number of alkyl halides is 3. The van der Waals surface area contributed by atoms with Crippen LogP contribution in [-0.2, 0) is 4.79 Å². The molecule has 1 aromatic carbocycles. The van der Waals surface area contributed by atoms with Gasteiger partial charge in [-0.2, -0.15) is 13.2 Å². The number of halogens is 3. The smallest absolute Gasteiger partial charge is 0.401 e. The van der Waals surface area contributed by atoms with Crippen molar-refractivity contribution in [2.75, 3.05) is 6.54 Å². The Bertz CT molecular complexity index is 406. The largest absolute Gasteiger partial charge is 0.508 e. The second-order valence-electron chi connectivity index (χ2n) is 3.36. The zero-order valence-corrected chi connectivity index (χ0v) is 8.53. The van der Waals surface area contributed by atoms with Crippen LogP contribution in [0, 0.1) is 0 Å². The van der Waals surface area contributed by atoms with Crippen LogP contribution in [0.3, 0.4) is 0 Å². The predicted octanol–water partition coefficient (Wildman–Crippen LogP) is 1.67. The fourth-order valence-electron chi connectivity index (χ4n) is 1.27. The molecular weight excluding hydrogens is 239 g/mol. The Labute approximate surface area is 94.7 Å². The van der Waals surface area contributed by atoms with E-state index in [4.69, 9.17) is 10.2 Å². The van der Waals surface area contributed by atoms with E-state index in [2.05, 4.69) is 0 Å². The van der Waals surface area contributed by atoms with Gasteiger partial charge in [0.1, 0.15) is 11.8 Å². The molecule has 0 aliphatic carbocycles. The molecule has 0 aliphatic heterocycles. The van der Waals surface area contributed by atoms with Gasteiger partial charge in [0.25, 0.3) is 0 Å². The molecule has 0 saturated carbocycles. The number of phenols is 1. The van der Waals surface area contributed by atoms with E-state index < -0.39 is 24.7 Å². The number of benzene rings is 1. The predicted molar refractivity (Wildman–Crippen MR) is 52.5 cm³/mol. The first-order valence-corrected chi connectivity index (χ1v) is 4.61. The van der Waals surface area contributed by atoms with Gasteiger partial charge < -0.3 is 10.2 Å². The summed E-state index contributed by atoms with van der Waals surface area (Å²) in [6, 6.07) is 3.57. The van der Waals surface area contributed by atoms with Gasteiger partial charge in [0.2, 0.25) is 0 Å². The number of rotatable bonds is 4. The normalized spacial score (nSPS) is 13.4. The lowest BCUT2D eigenvalue weighted by Crippen LogP contribution is -2.35. The van der Waals surface area contributed by atoms with E-state index in [1.165, 1.54) is 18.2 Å². The van der Waals surface area contributed by atoms with E-state index in [0.717, 1.165) is 6.07 Å². The molecule has 17 heavy (non-hydrogen) atoms. The van der Waals surface area contributed by atoms with Gasteiger partial charge in [-0.15, -0.1) is 0 Å². The van der Waals surface area contributed by atoms with Gasteiger partial charge in [-0.3, -0.25) is 10.1 Å². The molecule has 0 heterocycles. The molecule has 1 atom stereocenters. The molecule has 0 amide bonds. The van der Waals surface area contributed by atoms with E-state index in [1.54, 1.807) is 0 Å². The van der Waals surface area contributed by atoms with Crippen molar-refractivity contribution >= 4 is 5.97 Å². The molecule has 4 nitrogen and oxygen atoms in total. The Balaban J connectivity index is 2.83. The van der Waals surface area contributed by atoms with Crippen LogP contribution in [-0.4, -0.2) is 28.9 Å². The lowest BCUT2D eigenvalue weighted by molar-refractivity contribution is -0.143. The van der Waals surface area contributed by atoms with Gasteiger partial charge in [-0.05, 0) is 17.7 Å².